The molecule has 0 radical (unpaired) electrons. The largest absolute Gasteiger partial charge is 0.0616 e. The minimum Gasteiger partial charge on any atom is -0.0616 e. The van der Waals surface area contributed by atoms with Crippen molar-refractivity contribution in [2.75, 3.05) is 0 Å². The molecule has 0 amide bonds. The van der Waals surface area contributed by atoms with Gasteiger partial charge in [-0.3, -0.25) is 0 Å². The summed E-state index contributed by atoms with van der Waals surface area (Å²) in [6.07, 6.45) is 0. The molecule has 0 aliphatic heterocycles. The Kier molecular flexibility index (Phi) is 7.72. The lowest BCUT2D eigenvalue weighted by Gasteiger charge is -2.18. The molecule has 7 aromatic carbocycles. The number of rotatable bonds is 6. The molecule has 0 heteroatoms. The summed E-state index contributed by atoms with van der Waals surface area (Å²) in [6.45, 7) is 6.42. The van der Waals surface area contributed by atoms with Gasteiger partial charge in [-0.2, -0.15) is 0 Å². The summed E-state index contributed by atoms with van der Waals surface area (Å²) in [5.41, 5.74) is 18.5. The average molecular weight is 577 g/mol. The van der Waals surface area contributed by atoms with E-state index in [1.54, 1.807) is 0 Å². The van der Waals surface area contributed by atoms with Gasteiger partial charge in [0.15, 0.2) is 0 Å². The van der Waals surface area contributed by atoms with Crippen molar-refractivity contribution in [1.82, 2.24) is 0 Å². The van der Waals surface area contributed by atoms with E-state index >= 15 is 0 Å². The Morgan fingerprint density at radius 2 is 0.422 bits per heavy atom. The summed E-state index contributed by atoms with van der Waals surface area (Å²) >= 11 is 0. The Morgan fingerprint density at radius 3 is 0.644 bits per heavy atom. The van der Waals surface area contributed by atoms with Crippen LogP contribution in [0.25, 0.3) is 66.8 Å². The first-order valence-corrected chi connectivity index (χ1v) is 15.7. The molecular weight excluding hydrogens is 540 g/mol. The molecule has 0 aliphatic carbocycles. The molecule has 0 atom stereocenters. The maximum atomic E-state index is 2.37. The third-order valence-electron chi connectivity index (χ3n) is 8.73. The molecule has 0 fully saturated rings. The number of benzene rings is 7. The third-order valence-corrected chi connectivity index (χ3v) is 8.73. The van der Waals surface area contributed by atoms with E-state index in [4.69, 9.17) is 0 Å². The van der Waals surface area contributed by atoms with Crippen LogP contribution in [0.4, 0.5) is 0 Å². The highest BCUT2D eigenvalue weighted by Gasteiger charge is 2.16. The van der Waals surface area contributed by atoms with Gasteiger partial charge in [-0.15, -0.1) is 0 Å². The molecule has 0 N–H and O–H groups in total. The Morgan fingerprint density at radius 1 is 0.222 bits per heavy atom. The van der Waals surface area contributed by atoms with Crippen LogP contribution in [-0.4, -0.2) is 0 Å². The van der Waals surface area contributed by atoms with E-state index in [1.165, 1.54) is 83.5 Å². The highest BCUT2D eigenvalue weighted by Crippen LogP contribution is 2.42. The van der Waals surface area contributed by atoms with Gasteiger partial charge in [-0.25, -0.2) is 0 Å². The van der Waals surface area contributed by atoms with Gasteiger partial charge in [0.05, 0.1) is 0 Å². The van der Waals surface area contributed by atoms with Crippen molar-refractivity contribution in [3.63, 3.8) is 0 Å². The summed E-state index contributed by atoms with van der Waals surface area (Å²) in [5.74, 6) is 0. The number of hydrogen-bond acceptors (Lipinski definition) is 0. The van der Waals surface area contributed by atoms with Crippen molar-refractivity contribution in [2.24, 2.45) is 0 Å². The molecule has 0 bridgehead atoms. The minimum absolute atomic E-state index is 1.20. The molecule has 7 rings (SSSR count). The highest BCUT2D eigenvalue weighted by atomic mass is 14.2. The van der Waals surface area contributed by atoms with Gasteiger partial charge in [0, 0.05) is 0 Å². The van der Waals surface area contributed by atoms with E-state index in [1.807, 2.05) is 0 Å². The van der Waals surface area contributed by atoms with Crippen molar-refractivity contribution in [1.29, 1.82) is 0 Å². The maximum absolute atomic E-state index is 2.37. The predicted molar refractivity (Wildman–Crippen MR) is 193 cm³/mol. The van der Waals surface area contributed by atoms with Crippen molar-refractivity contribution in [2.45, 2.75) is 20.8 Å². The lowest BCUT2D eigenvalue weighted by Crippen LogP contribution is -1.92. The van der Waals surface area contributed by atoms with Crippen LogP contribution in [0.2, 0.25) is 0 Å². The lowest BCUT2D eigenvalue weighted by atomic mass is 9.86. The van der Waals surface area contributed by atoms with Crippen LogP contribution in [0.1, 0.15) is 16.7 Å². The molecule has 0 heterocycles. The van der Waals surface area contributed by atoms with Gasteiger partial charge in [0.2, 0.25) is 0 Å². The molecule has 0 unspecified atom stereocenters. The minimum atomic E-state index is 1.20. The highest BCUT2D eigenvalue weighted by molar-refractivity contribution is 5.94. The molecule has 0 aliphatic rings. The maximum Gasteiger partial charge on any atom is -0.0105 e. The van der Waals surface area contributed by atoms with Crippen molar-refractivity contribution in [3.05, 3.63) is 180 Å². The fourth-order valence-electron chi connectivity index (χ4n) is 6.25. The first-order chi connectivity index (χ1) is 22.0. The Balaban J connectivity index is 1.48. The second kappa shape index (κ2) is 12.3. The van der Waals surface area contributed by atoms with E-state index in [2.05, 4.69) is 185 Å². The quantitative estimate of drug-likeness (QED) is 0.185. The van der Waals surface area contributed by atoms with Crippen LogP contribution in [0.3, 0.4) is 0 Å². The summed E-state index contributed by atoms with van der Waals surface area (Å²) in [6, 6.07) is 60.1. The summed E-state index contributed by atoms with van der Waals surface area (Å²) < 4.78 is 0. The van der Waals surface area contributed by atoms with Gasteiger partial charge >= 0.3 is 0 Å². The average Bonchev–Trinajstić information content (AvgIpc) is 3.09. The molecular formula is C45H36. The van der Waals surface area contributed by atoms with E-state index in [-0.39, 0.29) is 0 Å². The predicted octanol–water partition coefficient (Wildman–Crippen LogP) is 12.6. The summed E-state index contributed by atoms with van der Waals surface area (Å²) in [4.78, 5) is 0. The number of hydrogen-bond donors (Lipinski definition) is 0. The molecule has 0 saturated carbocycles. The standard InChI is InChI=1S/C45H36/c1-31-16-22-34(23-17-31)40-10-4-7-13-43(40)37-28-38(44-14-8-5-11-41(44)35-24-18-32(2)19-25-35)30-39(29-37)45-15-9-6-12-42(45)36-26-20-33(3)21-27-36/h4-30H,1-3H3. The van der Waals surface area contributed by atoms with Crippen LogP contribution in [0.5, 0.6) is 0 Å². The fourth-order valence-corrected chi connectivity index (χ4v) is 6.25. The SMILES string of the molecule is Cc1ccc(-c2ccccc2-c2cc(-c3ccccc3-c3ccc(C)cc3)cc(-c3ccccc3-c3ccc(C)cc3)c2)cc1. The Labute approximate surface area is 267 Å². The topological polar surface area (TPSA) is 0 Å². The lowest BCUT2D eigenvalue weighted by molar-refractivity contribution is 1.46. The van der Waals surface area contributed by atoms with Gasteiger partial charge < -0.3 is 0 Å². The molecule has 7 aromatic rings. The van der Waals surface area contributed by atoms with Gasteiger partial charge in [0.1, 0.15) is 0 Å². The van der Waals surface area contributed by atoms with Crippen LogP contribution in [0.15, 0.2) is 164 Å². The van der Waals surface area contributed by atoms with E-state index in [9.17, 15) is 0 Å². The Hall–Kier alpha value is -5.46. The molecule has 0 nitrogen and oxygen atoms in total. The van der Waals surface area contributed by atoms with Gasteiger partial charge in [-0.1, -0.05) is 162 Å². The van der Waals surface area contributed by atoms with Crippen LogP contribution in [0, 0.1) is 20.8 Å². The van der Waals surface area contributed by atoms with Crippen molar-refractivity contribution in [3.8, 4) is 66.8 Å². The fraction of sp³-hybridized carbons (Fsp3) is 0.0667. The smallest absolute Gasteiger partial charge is 0.0105 e. The zero-order valence-corrected chi connectivity index (χ0v) is 26.1. The molecule has 45 heavy (non-hydrogen) atoms. The first kappa shape index (κ1) is 28.3. The zero-order chi connectivity index (χ0) is 30.8. The molecule has 0 aromatic heterocycles. The Bertz CT molecular complexity index is 1840. The van der Waals surface area contributed by atoms with Crippen molar-refractivity contribution < 1.29 is 0 Å². The molecule has 216 valence electrons. The van der Waals surface area contributed by atoms with Crippen LogP contribution in [-0.2, 0) is 0 Å². The zero-order valence-electron chi connectivity index (χ0n) is 26.1. The second-order valence-electron chi connectivity index (χ2n) is 12.0. The second-order valence-corrected chi connectivity index (χ2v) is 12.0. The van der Waals surface area contributed by atoms with E-state index in [0.717, 1.165) is 0 Å². The third kappa shape index (κ3) is 5.88. The number of aryl methyl sites for hydroxylation is 3. The molecule has 0 spiro atoms. The summed E-state index contributed by atoms with van der Waals surface area (Å²) in [7, 11) is 0. The first-order valence-electron chi connectivity index (χ1n) is 15.7. The van der Waals surface area contributed by atoms with Gasteiger partial charge in [-0.05, 0) is 106 Å². The normalized spacial score (nSPS) is 11.0. The summed E-state index contributed by atoms with van der Waals surface area (Å²) in [5, 5.41) is 0. The van der Waals surface area contributed by atoms with Gasteiger partial charge in [0.25, 0.3) is 0 Å². The van der Waals surface area contributed by atoms with Crippen LogP contribution >= 0.6 is 0 Å². The van der Waals surface area contributed by atoms with Crippen LogP contribution < -0.4 is 0 Å². The molecule has 0 saturated heterocycles. The van der Waals surface area contributed by atoms with Crippen molar-refractivity contribution >= 4 is 0 Å². The monoisotopic (exact) mass is 576 g/mol. The van der Waals surface area contributed by atoms with E-state index < -0.39 is 0 Å². The van der Waals surface area contributed by atoms with E-state index in [0.29, 0.717) is 0 Å².